The van der Waals surface area contributed by atoms with Crippen LogP contribution in [-0.2, 0) is 4.79 Å². The number of hydrogen-bond donors (Lipinski definition) is 1. The van der Waals surface area contributed by atoms with Crippen molar-refractivity contribution >= 4 is 5.78 Å². The molecule has 4 rings (SSSR count). The van der Waals surface area contributed by atoms with Gasteiger partial charge in [0.2, 0.25) is 0 Å². The van der Waals surface area contributed by atoms with Crippen LogP contribution in [0.5, 0.6) is 0 Å². The van der Waals surface area contributed by atoms with E-state index in [9.17, 15) is 9.90 Å². The fraction of sp³-hybridized carbons (Fsp3) is 0.870. The minimum Gasteiger partial charge on any atom is -0.386 e. The summed E-state index contributed by atoms with van der Waals surface area (Å²) in [7, 11) is 0. The maximum Gasteiger partial charge on any atom is 0.133 e. The lowest BCUT2D eigenvalue weighted by molar-refractivity contribution is -0.145. The zero-order chi connectivity index (χ0) is 18.0. The zero-order valence-electron chi connectivity index (χ0n) is 16.4. The van der Waals surface area contributed by atoms with E-state index < -0.39 is 5.60 Å². The summed E-state index contributed by atoms with van der Waals surface area (Å²) >= 11 is 0. The quantitative estimate of drug-likeness (QED) is 0.703. The first-order valence-corrected chi connectivity index (χ1v) is 10.6. The molecule has 0 aromatic heterocycles. The van der Waals surface area contributed by atoms with Crippen molar-refractivity contribution in [2.45, 2.75) is 84.2 Å². The highest BCUT2D eigenvalue weighted by molar-refractivity contribution is 5.79. The van der Waals surface area contributed by atoms with Crippen molar-refractivity contribution in [3.63, 3.8) is 0 Å². The Bertz CT molecular complexity index is 583. The molecule has 1 N–H and O–H groups in total. The molecule has 0 unspecified atom stereocenters. The minimum absolute atomic E-state index is 0.257. The highest BCUT2D eigenvalue weighted by Gasteiger charge is 2.61. The van der Waals surface area contributed by atoms with Crippen molar-refractivity contribution in [1.29, 1.82) is 0 Å². The molecule has 0 saturated heterocycles. The van der Waals surface area contributed by atoms with Gasteiger partial charge in [0, 0.05) is 5.92 Å². The lowest BCUT2D eigenvalue weighted by atomic mass is 9.44. The monoisotopic (exact) mass is 344 g/mol. The third-order valence-electron chi connectivity index (χ3n) is 9.63. The molecule has 2 nitrogen and oxygen atoms in total. The van der Waals surface area contributed by atoms with Crippen molar-refractivity contribution in [3.8, 4) is 0 Å². The molecular weight excluding hydrogens is 308 g/mol. The molecule has 4 aliphatic carbocycles. The Hall–Kier alpha value is -0.630. The van der Waals surface area contributed by atoms with E-state index in [0.717, 1.165) is 43.4 Å². The van der Waals surface area contributed by atoms with E-state index in [1.165, 1.54) is 32.1 Å². The first-order valence-electron chi connectivity index (χ1n) is 10.6. The number of fused-ring (bicyclic) bond motifs is 5. The summed E-state index contributed by atoms with van der Waals surface area (Å²) in [4.78, 5) is 12.2. The smallest absolute Gasteiger partial charge is 0.133 e. The van der Waals surface area contributed by atoms with Gasteiger partial charge in [-0.15, -0.1) is 6.58 Å². The van der Waals surface area contributed by atoms with Crippen molar-refractivity contribution < 1.29 is 9.90 Å². The van der Waals surface area contributed by atoms with E-state index in [-0.39, 0.29) is 5.41 Å². The molecule has 0 aromatic rings. The molecule has 2 heteroatoms. The van der Waals surface area contributed by atoms with Crippen LogP contribution in [0.25, 0.3) is 0 Å². The summed E-state index contributed by atoms with van der Waals surface area (Å²) in [5, 5.41) is 10.8. The van der Waals surface area contributed by atoms with Gasteiger partial charge in [-0.25, -0.2) is 0 Å². The van der Waals surface area contributed by atoms with E-state index in [2.05, 4.69) is 20.4 Å². The van der Waals surface area contributed by atoms with Crippen LogP contribution in [0, 0.1) is 40.4 Å². The van der Waals surface area contributed by atoms with E-state index in [1.54, 1.807) is 6.08 Å². The van der Waals surface area contributed by atoms with Crippen LogP contribution in [0.15, 0.2) is 12.7 Å². The first-order chi connectivity index (χ1) is 11.7. The highest BCUT2D eigenvalue weighted by atomic mass is 16.3. The van der Waals surface area contributed by atoms with E-state index in [0.29, 0.717) is 23.0 Å². The molecule has 0 heterocycles. The Morgan fingerprint density at radius 2 is 1.72 bits per heavy atom. The summed E-state index contributed by atoms with van der Waals surface area (Å²) in [5.74, 6) is 3.72. The average Bonchev–Trinajstić information content (AvgIpc) is 2.93. The number of carbonyl (C=O) groups excluding carboxylic acids is 1. The number of rotatable bonds is 2. The standard InChI is InChI=1S/C23H36O2/c1-5-23(25)13-12-21(3)16(14-23)6-7-17-19-9-8-18(15(2)24)22(19,4)11-10-20(17)21/h5,16-20,25H,1,6-14H2,2-4H3/t16-,17-,18+,19-,20-,21-,22+,23-/m0/s1. The van der Waals surface area contributed by atoms with Crippen LogP contribution in [0.1, 0.15) is 78.6 Å². The molecule has 0 radical (unpaired) electrons. The SMILES string of the molecule is C=C[C@]1(O)CC[C@@]2(C)[C@@H](CC[C@@H]3[C@@H]2CC[C@]2(C)[C@@H](C(C)=O)CC[C@@H]32)C1. The van der Waals surface area contributed by atoms with Crippen LogP contribution in [-0.4, -0.2) is 16.5 Å². The topological polar surface area (TPSA) is 37.3 Å². The summed E-state index contributed by atoms with van der Waals surface area (Å²) in [5.41, 5.74) is 0.00773. The van der Waals surface area contributed by atoms with Crippen molar-refractivity contribution in [2.75, 3.05) is 0 Å². The van der Waals surface area contributed by atoms with Gasteiger partial charge in [-0.05, 0) is 99.2 Å². The number of ketones is 1. The molecule has 4 saturated carbocycles. The Morgan fingerprint density at radius 1 is 1.00 bits per heavy atom. The molecular formula is C23H36O2. The van der Waals surface area contributed by atoms with Crippen molar-refractivity contribution in [3.05, 3.63) is 12.7 Å². The minimum atomic E-state index is -0.632. The molecule has 0 amide bonds. The van der Waals surface area contributed by atoms with Gasteiger partial charge in [-0.1, -0.05) is 19.9 Å². The van der Waals surface area contributed by atoms with Gasteiger partial charge >= 0.3 is 0 Å². The Balaban J connectivity index is 1.60. The second kappa shape index (κ2) is 5.68. The third-order valence-corrected chi connectivity index (χ3v) is 9.63. The van der Waals surface area contributed by atoms with Gasteiger partial charge in [0.25, 0.3) is 0 Å². The average molecular weight is 345 g/mol. The van der Waals surface area contributed by atoms with E-state index in [1.807, 2.05) is 6.92 Å². The molecule has 140 valence electrons. The molecule has 0 bridgehead atoms. The van der Waals surface area contributed by atoms with Gasteiger partial charge in [-0.2, -0.15) is 0 Å². The normalized spacial score (nSPS) is 55.0. The predicted octanol–water partition coefficient (Wildman–Crippen LogP) is 5.15. The lowest BCUT2D eigenvalue weighted by Gasteiger charge is -2.61. The molecule has 0 aromatic carbocycles. The van der Waals surface area contributed by atoms with Gasteiger partial charge < -0.3 is 5.11 Å². The molecule has 8 atom stereocenters. The Kier molecular flexibility index (Phi) is 4.04. The maximum absolute atomic E-state index is 12.2. The molecule has 25 heavy (non-hydrogen) atoms. The number of Topliss-reactive ketones (excluding diaryl/α,β-unsaturated/α-hetero) is 1. The third kappa shape index (κ3) is 2.42. The predicted molar refractivity (Wildman–Crippen MR) is 101 cm³/mol. The van der Waals surface area contributed by atoms with Crippen LogP contribution in [0.3, 0.4) is 0 Å². The number of hydrogen-bond acceptors (Lipinski definition) is 2. The largest absolute Gasteiger partial charge is 0.386 e. The molecule has 4 aliphatic rings. The van der Waals surface area contributed by atoms with Gasteiger partial charge in [0.05, 0.1) is 5.60 Å². The number of carbonyl (C=O) groups is 1. The van der Waals surface area contributed by atoms with Gasteiger partial charge in [0.1, 0.15) is 5.78 Å². The van der Waals surface area contributed by atoms with Crippen LogP contribution in [0.4, 0.5) is 0 Å². The van der Waals surface area contributed by atoms with E-state index in [4.69, 9.17) is 0 Å². The lowest BCUT2D eigenvalue weighted by Crippen LogP contribution is -2.55. The summed E-state index contributed by atoms with van der Waals surface area (Å²) < 4.78 is 0. The maximum atomic E-state index is 12.2. The van der Waals surface area contributed by atoms with Crippen LogP contribution < -0.4 is 0 Å². The zero-order valence-corrected chi connectivity index (χ0v) is 16.4. The fourth-order valence-electron chi connectivity index (χ4n) is 8.13. The Labute approximate surface area is 153 Å². The molecule has 0 aliphatic heterocycles. The second-order valence-electron chi connectivity index (χ2n) is 10.5. The highest BCUT2D eigenvalue weighted by Crippen LogP contribution is 2.68. The molecule has 0 spiro atoms. The first kappa shape index (κ1) is 17.8. The number of aliphatic hydroxyl groups is 1. The van der Waals surface area contributed by atoms with Gasteiger partial charge in [-0.3, -0.25) is 4.79 Å². The molecule has 4 fully saturated rings. The van der Waals surface area contributed by atoms with E-state index >= 15 is 0 Å². The summed E-state index contributed by atoms with van der Waals surface area (Å²) in [6.07, 6.45) is 12.2. The second-order valence-corrected chi connectivity index (χ2v) is 10.5. The summed E-state index contributed by atoms with van der Waals surface area (Å²) in [6, 6.07) is 0. The Morgan fingerprint density at radius 3 is 2.40 bits per heavy atom. The van der Waals surface area contributed by atoms with Crippen LogP contribution >= 0.6 is 0 Å². The van der Waals surface area contributed by atoms with Gasteiger partial charge in [0.15, 0.2) is 0 Å². The van der Waals surface area contributed by atoms with Crippen molar-refractivity contribution in [1.82, 2.24) is 0 Å². The fourth-order valence-corrected chi connectivity index (χ4v) is 8.13. The van der Waals surface area contributed by atoms with Crippen LogP contribution in [0.2, 0.25) is 0 Å². The summed E-state index contributed by atoms with van der Waals surface area (Å²) in [6.45, 7) is 10.7. The van der Waals surface area contributed by atoms with Crippen molar-refractivity contribution in [2.24, 2.45) is 40.4 Å².